The lowest BCUT2D eigenvalue weighted by molar-refractivity contribution is -0.124. The lowest BCUT2D eigenvalue weighted by Crippen LogP contribution is -2.46. The number of nitrogens with one attached hydrogen (secondary N) is 1. The van der Waals surface area contributed by atoms with Crippen LogP contribution >= 0.6 is 0 Å². The number of amides is 1. The van der Waals surface area contributed by atoms with Gasteiger partial charge in [0.05, 0.1) is 12.3 Å². The normalized spacial score (nSPS) is 21.6. The molecule has 1 aliphatic rings. The molecule has 6 heteroatoms. The van der Waals surface area contributed by atoms with Crippen molar-refractivity contribution in [2.24, 2.45) is 0 Å². The second kappa shape index (κ2) is 5.93. The van der Waals surface area contributed by atoms with Gasteiger partial charge in [0.15, 0.2) is 0 Å². The Morgan fingerprint density at radius 1 is 1.35 bits per heavy atom. The van der Waals surface area contributed by atoms with Gasteiger partial charge in [-0.15, -0.1) is 0 Å². The van der Waals surface area contributed by atoms with Crippen LogP contribution in [-0.2, 0) is 14.8 Å². The standard InChI is InChI=1S/C14H20N2O3S/c1-11(12-7-4-3-5-8-12)15-14(17)13-9-6-10-16(13)20(2,18)19/h3-5,7-8,11,13H,6,9-10H2,1-2H3,(H,15,17)/t11-,13-/m0/s1. The molecule has 1 aromatic rings. The number of sulfonamides is 1. The van der Waals surface area contributed by atoms with Gasteiger partial charge in [0.2, 0.25) is 15.9 Å². The topological polar surface area (TPSA) is 66.5 Å². The number of rotatable bonds is 4. The van der Waals surface area contributed by atoms with Gasteiger partial charge in [-0.25, -0.2) is 8.42 Å². The molecule has 0 radical (unpaired) electrons. The van der Waals surface area contributed by atoms with E-state index in [2.05, 4.69) is 5.32 Å². The molecule has 0 aromatic heterocycles. The van der Waals surface area contributed by atoms with E-state index in [1.807, 2.05) is 37.3 Å². The Balaban J connectivity index is 2.05. The monoisotopic (exact) mass is 296 g/mol. The van der Waals surface area contributed by atoms with Crippen molar-refractivity contribution in [1.82, 2.24) is 9.62 Å². The predicted octanol–water partition coefficient (Wildman–Crippen LogP) is 1.29. The largest absolute Gasteiger partial charge is 0.348 e. The van der Waals surface area contributed by atoms with E-state index in [4.69, 9.17) is 0 Å². The number of nitrogens with zero attached hydrogens (tertiary/aromatic N) is 1. The number of carbonyl (C=O) groups excluding carboxylic acids is 1. The van der Waals surface area contributed by atoms with E-state index in [0.29, 0.717) is 13.0 Å². The van der Waals surface area contributed by atoms with Crippen molar-refractivity contribution >= 4 is 15.9 Å². The highest BCUT2D eigenvalue weighted by Crippen LogP contribution is 2.21. The van der Waals surface area contributed by atoms with E-state index >= 15 is 0 Å². The van der Waals surface area contributed by atoms with Crippen molar-refractivity contribution < 1.29 is 13.2 Å². The molecule has 20 heavy (non-hydrogen) atoms. The molecule has 1 N–H and O–H groups in total. The van der Waals surface area contributed by atoms with Crippen molar-refractivity contribution in [1.29, 1.82) is 0 Å². The van der Waals surface area contributed by atoms with Gasteiger partial charge in [0.25, 0.3) is 0 Å². The molecule has 1 aliphatic heterocycles. The fourth-order valence-electron chi connectivity index (χ4n) is 2.53. The first kappa shape index (κ1) is 15.0. The zero-order valence-corrected chi connectivity index (χ0v) is 12.6. The SMILES string of the molecule is C[C@H](NC(=O)[C@@H]1CCCN1S(C)(=O)=O)c1ccccc1. The van der Waals surface area contributed by atoms with E-state index in [-0.39, 0.29) is 11.9 Å². The molecule has 0 saturated carbocycles. The number of hydrogen-bond donors (Lipinski definition) is 1. The number of carbonyl (C=O) groups is 1. The molecule has 0 bridgehead atoms. The van der Waals surface area contributed by atoms with Gasteiger partial charge in [-0.05, 0) is 25.3 Å². The minimum absolute atomic E-state index is 0.134. The Morgan fingerprint density at radius 3 is 2.60 bits per heavy atom. The Morgan fingerprint density at radius 2 is 2.00 bits per heavy atom. The highest BCUT2D eigenvalue weighted by molar-refractivity contribution is 7.88. The van der Waals surface area contributed by atoms with Gasteiger partial charge >= 0.3 is 0 Å². The van der Waals surface area contributed by atoms with Gasteiger partial charge in [-0.3, -0.25) is 4.79 Å². The summed E-state index contributed by atoms with van der Waals surface area (Å²) in [5.74, 6) is -0.218. The highest BCUT2D eigenvalue weighted by Gasteiger charge is 2.36. The van der Waals surface area contributed by atoms with Crippen molar-refractivity contribution in [2.45, 2.75) is 31.8 Å². The molecule has 5 nitrogen and oxygen atoms in total. The molecule has 2 rings (SSSR count). The smallest absolute Gasteiger partial charge is 0.238 e. The first-order chi connectivity index (χ1) is 9.39. The molecular formula is C14H20N2O3S. The number of benzene rings is 1. The number of hydrogen-bond acceptors (Lipinski definition) is 3. The summed E-state index contributed by atoms with van der Waals surface area (Å²) in [6.07, 6.45) is 2.46. The van der Waals surface area contributed by atoms with Crippen LogP contribution in [0.1, 0.15) is 31.4 Å². The summed E-state index contributed by atoms with van der Waals surface area (Å²) in [5.41, 5.74) is 1.00. The van der Waals surface area contributed by atoms with Crippen LogP contribution in [0.25, 0.3) is 0 Å². The van der Waals surface area contributed by atoms with Crippen LogP contribution in [0.15, 0.2) is 30.3 Å². The summed E-state index contributed by atoms with van der Waals surface area (Å²) < 4.78 is 24.6. The van der Waals surface area contributed by atoms with Gasteiger partial charge in [0, 0.05) is 6.54 Å². The van der Waals surface area contributed by atoms with Crippen LogP contribution < -0.4 is 5.32 Å². The predicted molar refractivity (Wildman–Crippen MR) is 77.6 cm³/mol. The maximum absolute atomic E-state index is 12.3. The Hall–Kier alpha value is -1.40. The van der Waals surface area contributed by atoms with Crippen LogP contribution in [0.2, 0.25) is 0 Å². The molecule has 0 aliphatic carbocycles. The highest BCUT2D eigenvalue weighted by atomic mass is 32.2. The maximum atomic E-state index is 12.3. The van der Waals surface area contributed by atoms with Crippen LogP contribution in [0.4, 0.5) is 0 Å². The van der Waals surface area contributed by atoms with E-state index in [0.717, 1.165) is 18.2 Å². The van der Waals surface area contributed by atoms with E-state index in [9.17, 15) is 13.2 Å². The summed E-state index contributed by atoms with van der Waals surface area (Å²) in [6, 6.07) is 8.91. The molecule has 2 atom stereocenters. The zero-order valence-electron chi connectivity index (χ0n) is 11.7. The molecule has 1 amide bonds. The maximum Gasteiger partial charge on any atom is 0.238 e. The lowest BCUT2D eigenvalue weighted by atomic mass is 10.1. The Kier molecular flexibility index (Phi) is 4.45. The molecule has 1 heterocycles. The van der Waals surface area contributed by atoms with Gasteiger partial charge in [-0.2, -0.15) is 4.31 Å². The zero-order chi connectivity index (χ0) is 14.8. The molecule has 0 spiro atoms. The van der Waals surface area contributed by atoms with Crippen molar-refractivity contribution in [2.75, 3.05) is 12.8 Å². The summed E-state index contributed by atoms with van der Waals surface area (Å²) >= 11 is 0. The fourth-order valence-corrected chi connectivity index (χ4v) is 3.66. The molecule has 1 fully saturated rings. The fraction of sp³-hybridized carbons (Fsp3) is 0.500. The van der Waals surface area contributed by atoms with E-state index in [1.54, 1.807) is 0 Å². The van der Waals surface area contributed by atoms with Crippen LogP contribution in [0.3, 0.4) is 0 Å². The van der Waals surface area contributed by atoms with Crippen molar-refractivity contribution in [3.05, 3.63) is 35.9 Å². The minimum Gasteiger partial charge on any atom is -0.348 e. The first-order valence-electron chi connectivity index (χ1n) is 6.72. The van der Waals surface area contributed by atoms with Gasteiger partial charge in [-0.1, -0.05) is 30.3 Å². The van der Waals surface area contributed by atoms with Crippen LogP contribution in [-0.4, -0.2) is 37.5 Å². The van der Waals surface area contributed by atoms with E-state index in [1.165, 1.54) is 4.31 Å². The van der Waals surface area contributed by atoms with Crippen LogP contribution in [0.5, 0.6) is 0 Å². The molecule has 0 unspecified atom stereocenters. The molecule has 1 saturated heterocycles. The molecular weight excluding hydrogens is 276 g/mol. The first-order valence-corrected chi connectivity index (χ1v) is 8.56. The third-order valence-electron chi connectivity index (χ3n) is 3.59. The second-order valence-corrected chi connectivity index (χ2v) is 7.11. The summed E-state index contributed by atoms with van der Waals surface area (Å²) in [4.78, 5) is 12.3. The van der Waals surface area contributed by atoms with Gasteiger partial charge in [0.1, 0.15) is 6.04 Å². The average Bonchev–Trinajstić information content (AvgIpc) is 2.89. The second-order valence-electron chi connectivity index (χ2n) is 5.17. The minimum atomic E-state index is -3.32. The molecule has 1 aromatic carbocycles. The summed E-state index contributed by atoms with van der Waals surface area (Å²) in [5, 5.41) is 2.90. The third-order valence-corrected chi connectivity index (χ3v) is 4.88. The van der Waals surface area contributed by atoms with Crippen molar-refractivity contribution in [3.63, 3.8) is 0 Å². The quantitative estimate of drug-likeness (QED) is 0.910. The Bertz CT molecular complexity index is 571. The van der Waals surface area contributed by atoms with Crippen molar-refractivity contribution in [3.8, 4) is 0 Å². The Labute approximate surface area is 120 Å². The molecule has 110 valence electrons. The summed E-state index contributed by atoms with van der Waals surface area (Å²) in [7, 11) is -3.32. The van der Waals surface area contributed by atoms with Crippen LogP contribution in [0, 0.1) is 0 Å². The summed E-state index contributed by atoms with van der Waals surface area (Å²) in [6.45, 7) is 2.32. The van der Waals surface area contributed by atoms with Gasteiger partial charge < -0.3 is 5.32 Å². The average molecular weight is 296 g/mol. The van der Waals surface area contributed by atoms with E-state index < -0.39 is 16.1 Å². The third kappa shape index (κ3) is 3.37. The lowest BCUT2D eigenvalue weighted by Gasteiger charge is -2.23.